The maximum absolute atomic E-state index is 13.6. The Morgan fingerprint density at radius 2 is 1.94 bits per heavy atom. The topological polar surface area (TPSA) is 108 Å². The summed E-state index contributed by atoms with van der Waals surface area (Å²) < 4.78 is 5.84. The van der Waals surface area contributed by atoms with Gasteiger partial charge in [-0.05, 0) is 43.7 Å². The standard InChI is InChI=1S/C26H22ClN5O3/c27-19-11-16(35-15-5-2-1-3-6-15)7-8-17(19)23(33)18-12-29-24-21(18)22-20(13-30-24)31-25(34)26(32-22)9-4-10-28-14-26/h1-3,5-8,11-13,28,32H,4,9-10,14H2,(H,29,30)(H,31,34). The zero-order chi connectivity index (χ0) is 24.0. The Labute approximate surface area is 206 Å². The minimum atomic E-state index is -0.773. The SMILES string of the molecule is O=C(c1ccc(Oc2ccccc2)cc1Cl)c1c[nH]c2ncc3c(c12)NC1(CCCNC1)C(=O)N3. The lowest BCUT2D eigenvalue weighted by molar-refractivity contribution is -0.121. The number of nitrogens with zero attached hydrogens (tertiary/aromatic N) is 1. The third-order valence-corrected chi connectivity index (χ3v) is 6.85. The number of carbonyl (C=O) groups is 2. The van der Waals surface area contributed by atoms with Crippen molar-refractivity contribution in [2.24, 2.45) is 0 Å². The van der Waals surface area contributed by atoms with E-state index >= 15 is 0 Å². The van der Waals surface area contributed by atoms with Crippen LogP contribution in [0.3, 0.4) is 0 Å². The van der Waals surface area contributed by atoms with Crippen LogP contribution in [0.15, 0.2) is 60.9 Å². The van der Waals surface area contributed by atoms with E-state index in [0.29, 0.717) is 58.0 Å². The van der Waals surface area contributed by atoms with Crippen LogP contribution in [-0.2, 0) is 4.79 Å². The smallest absolute Gasteiger partial charge is 0.251 e. The highest BCUT2D eigenvalue weighted by Crippen LogP contribution is 2.40. The Bertz CT molecular complexity index is 1460. The van der Waals surface area contributed by atoms with Crippen LogP contribution < -0.4 is 20.7 Å². The Kier molecular flexibility index (Phi) is 5.20. The van der Waals surface area contributed by atoms with E-state index in [4.69, 9.17) is 16.3 Å². The number of aromatic amines is 1. The normalized spacial score (nSPS) is 19.2. The molecule has 1 amide bonds. The van der Waals surface area contributed by atoms with Crippen LogP contribution in [0.1, 0.15) is 28.8 Å². The quantitative estimate of drug-likeness (QED) is 0.310. The van der Waals surface area contributed by atoms with Gasteiger partial charge in [-0.25, -0.2) is 4.98 Å². The molecule has 2 aliphatic heterocycles. The molecule has 4 N–H and O–H groups in total. The predicted molar refractivity (Wildman–Crippen MR) is 135 cm³/mol. The molecule has 6 rings (SSSR count). The molecular weight excluding hydrogens is 466 g/mol. The minimum Gasteiger partial charge on any atom is -0.457 e. The summed E-state index contributed by atoms with van der Waals surface area (Å²) in [5, 5.41) is 10.6. The summed E-state index contributed by atoms with van der Waals surface area (Å²) in [5.41, 5.74) is 1.78. The summed E-state index contributed by atoms with van der Waals surface area (Å²) >= 11 is 6.53. The van der Waals surface area contributed by atoms with Gasteiger partial charge >= 0.3 is 0 Å². The fraction of sp³-hybridized carbons (Fsp3) is 0.192. The molecule has 1 spiro atoms. The van der Waals surface area contributed by atoms with Gasteiger partial charge in [0.05, 0.1) is 33.5 Å². The first-order valence-electron chi connectivity index (χ1n) is 11.4. The highest BCUT2D eigenvalue weighted by atomic mass is 35.5. The van der Waals surface area contributed by atoms with Crippen LogP contribution in [0.2, 0.25) is 5.02 Å². The number of halogens is 1. The molecule has 1 saturated heterocycles. The Morgan fingerprint density at radius 3 is 2.71 bits per heavy atom. The molecule has 1 fully saturated rings. The van der Waals surface area contributed by atoms with Crippen LogP contribution in [0.5, 0.6) is 11.5 Å². The molecule has 1 unspecified atom stereocenters. The highest BCUT2D eigenvalue weighted by Gasteiger charge is 2.44. The highest BCUT2D eigenvalue weighted by molar-refractivity contribution is 6.36. The summed E-state index contributed by atoms with van der Waals surface area (Å²) in [7, 11) is 0. The number of nitrogens with one attached hydrogen (secondary N) is 4. The van der Waals surface area contributed by atoms with Gasteiger partial charge in [0.2, 0.25) is 0 Å². The van der Waals surface area contributed by atoms with E-state index in [1.54, 1.807) is 30.6 Å². The first kappa shape index (κ1) is 21.6. The van der Waals surface area contributed by atoms with Gasteiger partial charge in [-0.15, -0.1) is 0 Å². The summed E-state index contributed by atoms with van der Waals surface area (Å²) in [6.07, 6.45) is 4.79. The molecule has 2 aliphatic rings. The van der Waals surface area contributed by atoms with Crippen LogP contribution in [0.25, 0.3) is 11.0 Å². The summed E-state index contributed by atoms with van der Waals surface area (Å²) in [6.45, 7) is 1.37. The maximum atomic E-state index is 13.6. The fourth-order valence-corrected chi connectivity index (χ4v) is 5.01. The number of piperidine rings is 1. The van der Waals surface area contributed by atoms with Gasteiger partial charge in [0.25, 0.3) is 5.91 Å². The number of fused-ring (bicyclic) bond motifs is 3. The fourth-order valence-electron chi connectivity index (χ4n) is 4.76. The second kappa shape index (κ2) is 8.41. The molecule has 0 bridgehead atoms. The number of H-pyrrole nitrogens is 1. The number of aromatic nitrogens is 2. The molecule has 0 radical (unpaired) electrons. The van der Waals surface area contributed by atoms with Gasteiger partial charge in [0.1, 0.15) is 22.7 Å². The molecule has 1 atom stereocenters. The second-order valence-corrected chi connectivity index (χ2v) is 9.21. The summed E-state index contributed by atoms with van der Waals surface area (Å²) in [6, 6.07) is 14.4. The van der Waals surface area contributed by atoms with Crippen LogP contribution in [0, 0.1) is 0 Å². The molecule has 0 aliphatic carbocycles. The van der Waals surface area contributed by atoms with E-state index in [2.05, 4.69) is 25.9 Å². The molecule has 8 nitrogen and oxygen atoms in total. The van der Waals surface area contributed by atoms with E-state index in [1.165, 1.54) is 0 Å². The lowest BCUT2D eigenvalue weighted by Gasteiger charge is -2.41. The molecule has 35 heavy (non-hydrogen) atoms. The average molecular weight is 488 g/mol. The van der Waals surface area contributed by atoms with E-state index < -0.39 is 5.54 Å². The number of pyridine rings is 1. The van der Waals surface area contributed by atoms with Gasteiger partial charge in [0, 0.05) is 24.4 Å². The number of para-hydroxylation sites is 1. The van der Waals surface area contributed by atoms with Gasteiger partial charge in [-0.2, -0.15) is 0 Å². The first-order chi connectivity index (χ1) is 17.0. The Balaban J connectivity index is 1.37. The number of anilines is 2. The van der Waals surface area contributed by atoms with Crippen molar-refractivity contribution < 1.29 is 14.3 Å². The van der Waals surface area contributed by atoms with Crippen molar-refractivity contribution in [2.75, 3.05) is 23.7 Å². The zero-order valence-electron chi connectivity index (χ0n) is 18.7. The number of ketones is 1. The summed E-state index contributed by atoms with van der Waals surface area (Å²) in [5.74, 6) is 0.860. The van der Waals surface area contributed by atoms with Crippen molar-refractivity contribution in [3.8, 4) is 11.5 Å². The number of hydrogen-bond donors (Lipinski definition) is 4. The summed E-state index contributed by atoms with van der Waals surface area (Å²) in [4.78, 5) is 34.0. The largest absolute Gasteiger partial charge is 0.457 e. The Hall–Kier alpha value is -3.88. The van der Waals surface area contributed by atoms with Crippen molar-refractivity contribution in [3.05, 3.63) is 77.1 Å². The van der Waals surface area contributed by atoms with Crippen molar-refractivity contribution in [1.29, 1.82) is 0 Å². The molecule has 9 heteroatoms. The van der Waals surface area contributed by atoms with Gasteiger partial charge < -0.3 is 25.7 Å². The zero-order valence-corrected chi connectivity index (χ0v) is 19.4. The van der Waals surface area contributed by atoms with Gasteiger partial charge in [0.15, 0.2) is 5.78 Å². The number of ether oxygens (including phenoxy) is 1. The Morgan fingerprint density at radius 1 is 1.09 bits per heavy atom. The molecule has 4 aromatic rings. The molecule has 4 heterocycles. The van der Waals surface area contributed by atoms with Crippen molar-refractivity contribution in [2.45, 2.75) is 18.4 Å². The van der Waals surface area contributed by atoms with Gasteiger partial charge in [-0.3, -0.25) is 9.59 Å². The van der Waals surface area contributed by atoms with Crippen LogP contribution >= 0.6 is 11.6 Å². The number of rotatable bonds is 4. The predicted octanol–water partition coefficient (Wildman–Crippen LogP) is 4.73. The van der Waals surface area contributed by atoms with Crippen LogP contribution in [-0.4, -0.2) is 40.3 Å². The molecule has 2 aromatic heterocycles. The number of amides is 1. The van der Waals surface area contributed by atoms with Gasteiger partial charge in [-0.1, -0.05) is 29.8 Å². The lowest BCUT2D eigenvalue weighted by atomic mass is 9.86. The minimum absolute atomic E-state index is 0.0983. The second-order valence-electron chi connectivity index (χ2n) is 8.80. The van der Waals surface area contributed by atoms with E-state index in [9.17, 15) is 9.59 Å². The van der Waals surface area contributed by atoms with E-state index in [0.717, 1.165) is 13.0 Å². The maximum Gasteiger partial charge on any atom is 0.251 e. The van der Waals surface area contributed by atoms with E-state index in [-0.39, 0.29) is 16.7 Å². The monoisotopic (exact) mass is 487 g/mol. The third-order valence-electron chi connectivity index (χ3n) is 6.54. The molecule has 176 valence electrons. The number of carbonyl (C=O) groups excluding carboxylic acids is 2. The third kappa shape index (κ3) is 3.71. The number of benzene rings is 2. The molecule has 2 aromatic carbocycles. The average Bonchev–Trinajstić information content (AvgIpc) is 3.31. The first-order valence-corrected chi connectivity index (χ1v) is 11.8. The van der Waals surface area contributed by atoms with Crippen molar-refractivity contribution >= 4 is 45.7 Å². The number of hydrogen-bond acceptors (Lipinski definition) is 6. The van der Waals surface area contributed by atoms with Crippen molar-refractivity contribution in [3.63, 3.8) is 0 Å². The molecular formula is C26H22ClN5O3. The molecule has 0 saturated carbocycles. The lowest BCUT2D eigenvalue weighted by Crippen LogP contribution is -2.60. The van der Waals surface area contributed by atoms with Crippen molar-refractivity contribution in [1.82, 2.24) is 15.3 Å². The van der Waals surface area contributed by atoms with Crippen LogP contribution in [0.4, 0.5) is 11.4 Å². The van der Waals surface area contributed by atoms with E-state index in [1.807, 2.05) is 30.3 Å².